The van der Waals surface area contributed by atoms with E-state index >= 15 is 0 Å². The molecule has 20 heavy (non-hydrogen) atoms. The van der Waals surface area contributed by atoms with Crippen molar-refractivity contribution in [3.8, 4) is 0 Å². The Morgan fingerprint density at radius 3 is 2.70 bits per heavy atom. The van der Waals surface area contributed by atoms with E-state index in [-0.39, 0.29) is 12.2 Å². The predicted octanol–water partition coefficient (Wildman–Crippen LogP) is 2.10. The highest BCUT2D eigenvalue weighted by atomic mass is 32.1. The molecule has 1 atom stereocenters. The van der Waals surface area contributed by atoms with Crippen molar-refractivity contribution in [2.24, 2.45) is 5.92 Å². The number of piperidine rings is 1. The molecule has 2 rings (SSSR count). The number of hydrogen-bond acceptors (Lipinski definition) is 4. The SMILES string of the molecule is O=C(O)C1CCCN(C(=O)c2csc(C(F)(F)F)n2)C1. The van der Waals surface area contributed by atoms with Crippen LogP contribution >= 0.6 is 11.3 Å². The zero-order valence-electron chi connectivity index (χ0n) is 10.2. The maximum Gasteiger partial charge on any atom is 0.443 e. The lowest BCUT2D eigenvalue weighted by atomic mass is 9.98. The van der Waals surface area contributed by atoms with Gasteiger partial charge in [-0.15, -0.1) is 11.3 Å². The average molecular weight is 308 g/mol. The molecule has 5 nitrogen and oxygen atoms in total. The lowest BCUT2D eigenvalue weighted by Crippen LogP contribution is -2.42. The summed E-state index contributed by atoms with van der Waals surface area (Å²) >= 11 is 0.356. The Kier molecular flexibility index (Phi) is 3.98. The summed E-state index contributed by atoms with van der Waals surface area (Å²) in [7, 11) is 0. The van der Waals surface area contributed by atoms with Crippen LogP contribution in [0.2, 0.25) is 0 Å². The fourth-order valence-corrected chi connectivity index (χ4v) is 2.69. The molecule has 0 aromatic carbocycles. The number of rotatable bonds is 2. The van der Waals surface area contributed by atoms with Gasteiger partial charge in [0.1, 0.15) is 5.69 Å². The van der Waals surface area contributed by atoms with Crippen LogP contribution in [0.25, 0.3) is 0 Å². The van der Waals surface area contributed by atoms with Gasteiger partial charge in [-0.1, -0.05) is 0 Å². The Labute approximate surface area is 116 Å². The van der Waals surface area contributed by atoms with Gasteiger partial charge in [0.15, 0.2) is 5.01 Å². The van der Waals surface area contributed by atoms with E-state index in [1.54, 1.807) is 0 Å². The zero-order valence-corrected chi connectivity index (χ0v) is 11.0. The molecule has 0 radical (unpaired) electrons. The van der Waals surface area contributed by atoms with Crippen molar-refractivity contribution in [1.29, 1.82) is 0 Å². The summed E-state index contributed by atoms with van der Waals surface area (Å²) in [4.78, 5) is 27.4. The van der Waals surface area contributed by atoms with Crippen LogP contribution in [0.4, 0.5) is 13.2 Å². The van der Waals surface area contributed by atoms with Gasteiger partial charge in [0.25, 0.3) is 5.91 Å². The smallest absolute Gasteiger partial charge is 0.443 e. The van der Waals surface area contributed by atoms with Crippen molar-refractivity contribution in [2.75, 3.05) is 13.1 Å². The van der Waals surface area contributed by atoms with E-state index in [1.165, 1.54) is 4.90 Å². The van der Waals surface area contributed by atoms with Gasteiger partial charge in [-0.3, -0.25) is 9.59 Å². The minimum atomic E-state index is -4.57. The highest BCUT2D eigenvalue weighted by Gasteiger charge is 2.36. The molecule has 0 spiro atoms. The number of halogens is 3. The van der Waals surface area contributed by atoms with Gasteiger partial charge in [0, 0.05) is 18.5 Å². The van der Waals surface area contributed by atoms with Gasteiger partial charge < -0.3 is 10.0 Å². The van der Waals surface area contributed by atoms with Crippen LogP contribution in [0.1, 0.15) is 28.3 Å². The number of carboxylic acid groups (broad SMARTS) is 1. The van der Waals surface area contributed by atoms with Gasteiger partial charge in [-0.2, -0.15) is 13.2 Å². The fourth-order valence-electron chi connectivity index (χ4n) is 2.03. The minimum absolute atomic E-state index is 0.00699. The van der Waals surface area contributed by atoms with Crippen molar-refractivity contribution in [3.63, 3.8) is 0 Å². The van der Waals surface area contributed by atoms with Crippen LogP contribution in [-0.2, 0) is 11.0 Å². The molecule has 0 aliphatic carbocycles. The summed E-state index contributed by atoms with van der Waals surface area (Å²) in [5, 5.41) is 8.89. The zero-order chi connectivity index (χ0) is 14.9. The first kappa shape index (κ1) is 14.8. The Balaban J connectivity index is 2.11. The summed E-state index contributed by atoms with van der Waals surface area (Å²) < 4.78 is 37.3. The highest BCUT2D eigenvalue weighted by Crippen LogP contribution is 2.32. The van der Waals surface area contributed by atoms with E-state index in [0.717, 1.165) is 5.38 Å². The predicted molar refractivity (Wildman–Crippen MR) is 63.4 cm³/mol. The largest absolute Gasteiger partial charge is 0.481 e. The molecule has 1 amide bonds. The van der Waals surface area contributed by atoms with Crippen LogP contribution in [0, 0.1) is 5.92 Å². The molecule has 1 unspecified atom stereocenters. The number of hydrogen-bond donors (Lipinski definition) is 1. The summed E-state index contributed by atoms with van der Waals surface area (Å²) in [6.07, 6.45) is -3.60. The molecular weight excluding hydrogens is 297 g/mol. The number of carbonyl (C=O) groups is 2. The van der Waals surface area contributed by atoms with Gasteiger partial charge in [0.05, 0.1) is 5.92 Å². The molecule has 1 aliphatic heterocycles. The molecule has 110 valence electrons. The standard InChI is InChI=1S/C11H11F3N2O3S/c12-11(13,14)10-15-7(5-20-10)8(17)16-3-1-2-6(4-16)9(18)19/h5-6H,1-4H2,(H,18,19). The molecule has 0 saturated carbocycles. The highest BCUT2D eigenvalue weighted by molar-refractivity contribution is 7.09. The molecule has 9 heteroatoms. The number of aliphatic carboxylic acids is 1. The second kappa shape index (κ2) is 5.39. The number of carboxylic acids is 1. The van der Waals surface area contributed by atoms with Crippen molar-refractivity contribution in [1.82, 2.24) is 9.88 Å². The monoisotopic (exact) mass is 308 g/mol. The van der Waals surface area contributed by atoms with E-state index in [4.69, 9.17) is 5.11 Å². The van der Waals surface area contributed by atoms with E-state index in [9.17, 15) is 22.8 Å². The maximum absolute atomic E-state index is 12.4. The molecule has 0 bridgehead atoms. The maximum atomic E-state index is 12.4. The number of carbonyl (C=O) groups excluding carboxylic acids is 1. The quantitative estimate of drug-likeness (QED) is 0.908. The number of thiazole rings is 1. The third-order valence-corrected chi connectivity index (χ3v) is 3.91. The molecule has 2 heterocycles. The third kappa shape index (κ3) is 3.09. The Bertz CT molecular complexity index is 529. The molecule has 1 N–H and O–H groups in total. The molecule has 1 saturated heterocycles. The number of aromatic nitrogens is 1. The first-order valence-corrected chi connectivity index (χ1v) is 6.72. The summed E-state index contributed by atoms with van der Waals surface area (Å²) in [5.41, 5.74) is -0.284. The van der Waals surface area contributed by atoms with Crippen molar-refractivity contribution >= 4 is 23.2 Å². The van der Waals surface area contributed by atoms with Crippen molar-refractivity contribution in [3.05, 3.63) is 16.1 Å². The topological polar surface area (TPSA) is 70.5 Å². The van der Waals surface area contributed by atoms with Gasteiger partial charge in [0.2, 0.25) is 0 Å². The Morgan fingerprint density at radius 2 is 2.15 bits per heavy atom. The Morgan fingerprint density at radius 1 is 1.45 bits per heavy atom. The summed E-state index contributed by atoms with van der Waals surface area (Å²) in [6, 6.07) is 0. The van der Waals surface area contributed by atoms with Crippen molar-refractivity contribution < 1.29 is 27.9 Å². The Hall–Kier alpha value is -1.64. The minimum Gasteiger partial charge on any atom is -0.481 e. The third-order valence-electron chi connectivity index (χ3n) is 3.02. The van der Waals surface area contributed by atoms with Crippen LogP contribution in [-0.4, -0.2) is 40.0 Å². The first-order chi connectivity index (χ1) is 9.29. The van der Waals surface area contributed by atoms with E-state index in [1.807, 2.05) is 0 Å². The van der Waals surface area contributed by atoms with Gasteiger partial charge in [-0.05, 0) is 12.8 Å². The van der Waals surface area contributed by atoms with Gasteiger partial charge in [-0.25, -0.2) is 4.98 Å². The first-order valence-electron chi connectivity index (χ1n) is 5.84. The number of amides is 1. The van der Waals surface area contributed by atoms with E-state index in [2.05, 4.69) is 4.98 Å². The van der Waals surface area contributed by atoms with Crippen molar-refractivity contribution in [2.45, 2.75) is 19.0 Å². The molecule has 1 fully saturated rings. The van der Waals surface area contributed by atoms with Gasteiger partial charge >= 0.3 is 12.1 Å². The van der Waals surface area contributed by atoms with Crippen LogP contribution < -0.4 is 0 Å². The van der Waals surface area contributed by atoms with Crippen LogP contribution in [0.15, 0.2) is 5.38 Å². The second-order valence-corrected chi connectivity index (χ2v) is 5.32. The summed E-state index contributed by atoms with van der Waals surface area (Å²) in [6.45, 7) is 0.342. The molecule has 1 aromatic heterocycles. The second-order valence-electron chi connectivity index (χ2n) is 4.46. The normalized spacial score (nSPS) is 19.9. The lowest BCUT2D eigenvalue weighted by molar-refractivity contribution is -0.143. The fraction of sp³-hybridized carbons (Fsp3) is 0.545. The lowest BCUT2D eigenvalue weighted by Gasteiger charge is -2.30. The summed E-state index contributed by atoms with van der Waals surface area (Å²) in [5.74, 6) is -2.33. The molecular formula is C11H11F3N2O3S. The van der Waals surface area contributed by atoms with E-state index in [0.29, 0.717) is 30.7 Å². The average Bonchev–Trinajstić information content (AvgIpc) is 2.87. The van der Waals surface area contributed by atoms with Crippen LogP contribution in [0.5, 0.6) is 0 Å². The molecule has 1 aromatic rings. The number of alkyl halides is 3. The van der Waals surface area contributed by atoms with E-state index < -0.39 is 29.0 Å². The number of likely N-dealkylation sites (tertiary alicyclic amines) is 1. The van der Waals surface area contributed by atoms with Crippen LogP contribution in [0.3, 0.4) is 0 Å². The number of nitrogens with zero attached hydrogens (tertiary/aromatic N) is 2. The molecule has 1 aliphatic rings.